The number of fused-ring (bicyclic) bond motifs is 1. The molecule has 2 aliphatic rings. The number of hydrogen-bond acceptors (Lipinski definition) is 6. The molecule has 4 rings (SSSR count). The molecule has 2 atom stereocenters. The summed E-state index contributed by atoms with van der Waals surface area (Å²) in [6.07, 6.45) is 0.428. The number of hydrazone groups is 1. The number of halogens is 1. The van der Waals surface area contributed by atoms with Crippen LogP contribution in [-0.4, -0.2) is 56.9 Å². The van der Waals surface area contributed by atoms with Crippen LogP contribution in [0.1, 0.15) is 24.0 Å². The average molecular weight is 441 g/mol. The predicted octanol–water partition coefficient (Wildman–Crippen LogP) is 3.02. The van der Waals surface area contributed by atoms with Gasteiger partial charge in [-0.2, -0.15) is 5.10 Å². The summed E-state index contributed by atoms with van der Waals surface area (Å²) in [4.78, 5) is 15.0. The van der Waals surface area contributed by atoms with E-state index < -0.39 is 11.7 Å². The SMILES string of the molecule is CC1=NNCC1c1ccc(NC(=O)C2COc3c(F)cccc3C2)c(OCCN(C)C)c1. The fraction of sp³-hybridized carbons (Fsp3) is 0.417. The minimum Gasteiger partial charge on any atom is -0.490 e. The zero-order valence-corrected chi connectivity index (χ0v) is 18.7. The smallest absolute Gasteiger partial charge is 0.231 e. The fourth-order valence-corrected chi connectivity index (χ4v) is 3.95. The van der Waals surface area contributed by atoms with Gasteiger partial charge in [0.1, 0.15) is 19.0 Å². The van der Waals surface area contributed by atoms with E-state index in [-0.39, 0.29) is 24.2 Å². The zero-order chi connectivity index (χ0) is 22.7. The average Bonchev–Trinajstić information content (AvgIpc) is 3.20. The summed E-state index contributed by atoms with van der Waals surface area (Å²) in [7, 11) is 3.96. The second-order valence-corrected chi connectivity index (χ2v) is 8.50. The van der Waals surface area contributed by atoms with Gasteiger partial charge in [0, 0.05) is 24.7 Å². The van der Waals surface area contributed by atoms with Crippen molar-refractivity contribution < 1.29 is 18.7 Å². The molecule has 8 heteroatoms. The van der Waals surface area contributed by atoms with Gasteiger partial charge < -0.3 is 25.1 Å². The maximum absolute atomic E-state index is 13.9. The number of amides is 1. The monoisotopic (exact) mass is 440 g/mol. The molecule has 0 spiro atoms. The van der Waals surface area contributed by atoms with Crippen LogP contribution in [-0.2, 0) is 11.2 Å². The second-order valence-electron chi connectivity index (χ2n) is 8.50. The van der Waals surface area contributed by atoms with Crippen molar-refractivity contribution in [2.75, 3.05) is 45.7 Å². The first-order valence-corrected chi connectivity index (χ1v) is 10.8. The Labute approximate surface area is 187 Å². The Morgan fingerprint density at radius 2 is 2.19 bits per heavy atom. The molecule has 0 radical (unpaired) electrons. The third-order valence-corrected chi connectivity index (χ3v) is 5.83. The lowest BCUT2D eigenvalue weighted by molar-refractivity contribution is -0.121. The number of para-hydroxylation sites is 1. The molecule has 0 aliphatic carbocycles. The summed E-state index contributed by atoms with van der Waals surface area (Å²) in [5.74, 6) is 0.0663. The maximum atomic E-state index is 13.9. The Hall–Kier alpha value is -3.13. The highest BCUT2D eigenvalue weighted by Crippen LogP contribution is 2.33. The van der Waals surface area contributed by atoms with Crippen molar-refractivity contribution in [2.45, 2.75) is 19.3 Å². The molecule has 2 heterocycles. The first kappa shape index (κ1) is 22.1. The van der Waals surface area contributed by atoms with Gasteiger partial charge in [-0.15, -0.1) is 0 Å². The lowest BCUT2D eigenvalue weighted by Gasteiger charge is -2.25. The van der Waals surface area contributed by atoms with Crippen molar-refractivity contribution in [3.05, 3.63) is 53.3 Å². The number of anilines is 1. The van der Waals surface area contributed by atoms with Crippen LogP contribution < -0.4 is 20.2 Å². The molecular formula is C24H29FN4O3. The number of ether oxygens (including phenoxy) is 2. The molecule has 2 aromatic carbocycles. The van der Waals surface area contributed by atoms with Gasteiger partial charge in [0.2, 0.25) is 5.91 Å². The van der Waals surface area contributed by atoms with Crippen LogP contribution in [0.15, 0.2) is 41.5 Å². The molecule has 2 aliphatic heterocycles. The number of nitrogens with one attached hydrogen (secondary N) is 2. The van der Waals surface area contributed by atoms with E-state index in [4.69, 9.17) is 9.47 Å². The van der Waals surface area contributed by atoms with Crippen molar-refractivity contribution in [2.24, 2.45) is 11.0 Å². The number of benzene rings is 2. The Kier molecular flexibility index (Phi) is 6.60. The van der Waals surface area contributed by atoms with Crippen LogP contribution in [0.4, 0.5) is 10.1 Å². The van der Waals surface area contributed by atoms with Gasteiger partial charge in [0.25, 0.3) is 0 Å². The normalized spacial score (nSPS) is 19.6. The minimum absolute atomic E-state index is 0.137. The third-order valence-electron chi connectivity index (χ3n) is 5.83. The summed E-state index contributed by atoms with van der Waals surface area (Å²) in [5.41, 5.74) is 6.45. The highest BCUT2D eigenvalue weighted by atomic mass is 19.1. The highest BCUT2D eigenvalue weighted by Gasteiger charge is 2.28. The topological polar surface area (TPSA) is 75.2 Å². The number of nitrogens with zero attached hydrogens (tertiary/aromatic N) is 2. The van der Waals surface area contributed by atoms with Crippen LogP contribution in [0.5, 0.6) is 11.5 Å². The van der Waals surface area contributed by atoms with Gasteiger partial charge >= 0.3 is 0 Å². The summed E-state index contributed by atoms with van der Waals surface area (Å²) in [5, 5.41) is 7.27. The molecule has 7 nitrogen and oxygen atoms in total. The van der Waals surface area contributed by atoms with Crippen LogP contribution in [0.2, 0.25) is 0 Å². The fourth-order valence-electron chi connectivity index (χ4n) is 3.95. The van der Waals surface area contributed by atoms with Gasteiger partial charge in [0.05, 0.1) is 11.6 Å². The standard InChI is InChI=1S/C24H29FN4O3/c1-15-19(13-26-28-15)16-7-8-21(22(12-16)31-10-9-29(2)3)27-24(30)18-11-17-5-4-6-20(25)23(17)32-14-18/h4-8,12,18-19,26H,9-11,13-14H2,1-3H3,(H,27,30). The number of hydrogen-bond donors (Lipinski definition) is 2. The molecular weight excluding hydrogens is 411 g/mol. The van der Waals surface area contributed by atoms with Gasteiger partial charge in [-0.3, -0.25) is 4.79 Å². The third kappa shape index (κ3) is 4.85. The van der Waals surface area contributed by atoms with E-state index in [9.17, 15) is 9.18 Å². The van der Waals surface area contributed by atoms with Crippen molar-refractivity contribution in [1.82, 2.24) is 10.3 Å². The second kappa shape index (κ2) is 9.56. The molecule has 2 N–H and O–H groups in total. The largest absolute Gasteiger partial charge is 0.490 e. The molecule has 1 amide bonds. The van der Waals surface area contributed by atoms with Crippen molar-refractivity contribution >= 4 is 17.3 Å². The molecule has 0 aromatic heterocycles. The van der Waals surface area contributed by atoms with Crippen LogP contribution in [0.25, 0.3) is 0 Å². The van der Waals surface area contributed by atoms with Gasteiger partial charge in [-0.05, 0) is 56.8 Å². The number of rotatable bonds is 7. The molecule has 0 saturated carbocycles. The first-order chi connectivity index (χ1) is 15.4. The molecule has 0 fully saturated rings. The van der Waals surface area contributed by atoms with Crippen molar-refractivity contribution in [3.8, 4) is 11.5 Å². The zero-order valence-electron chi connectivity index (χ0n) is 18.7. The molecule has 0 bridgehead atoms. The summed E-state index contributed by atoms with van der Waals surface area (Å²) in [6, 6.07) is 10.6. The van der Waals surface area contributed by atoms with E-state index in [0.717, 1.165) is 24.4 Å². The quantitative estimate of drug-likeness (QED) is 0.692. The molecule has 2 aromatic rings. The predicted molar refractivity (Wildman–Crippen MR) is 122 cm³/mol. The van der Waals surface area contributed by atoms with E-state index >= 15 is 0 Å². The van der Waals surface area contributed by atoms with Crippen molar-refractivity contribution in [1.29, 1.82) is 0 Å². The van der Waals surface area contributed by atoms with E-state index in [1.54, 1.807) is 12.1 Å². The van der Waals surface area contributed by atoms with E-state index in [0.29, 0.717) is 30.0 Å². The Morgan fingerprint density at radius 1 is 1.34 bits per heavy atom. The van der Waals surface area contributed by atoms with Gasteiger partial charge in [-0.25, -0.2) is 4.39 Å². The molecule has 32 heavy (non-hydrogen) atoms. The van der Waals surface area contributed by atoms with Gasteiger partial charge in [0.15, 0.2) is 11.6 Å². The first-order valence-electron chi connectivity index (χ1n) is 10.8. The summed E-state index contributed by atoms with van der Waals surface area (Å²) < 4.78 is 25.5. The summed E-state index contributed by atoms with van der Waals surface area (Å²) >= 11 is 0. The lowest BCUT2D eigenvalue weighted by atomic mass is 9.94. The lowest BCUT2D eigenvalue weighted by Crippen LogP contribution is -2.33. The van der Waals surface area contributed by atoms with Crippen molar-refractivity contribution in [3.63, 3.8) is 0 Å². The van der Waals surface area contributed by atoms with Crippen LogP contribution in [0.3, 0.4) is 0 Å². The molecule has 2 unspecified atom stereocenters. The number of carbonyl (C=O) groups is 1. The Bertz CT molecular complexity index is 1020. The Morgan fingerprint density at radius 3 is 2.94 bits per heavy atom. The van der Waals surface area contributed by atoms with Gasteiger partial charge in [-0.1, -0.05) is 18.2 Å². The van der Waals surface area contributed by atoms with E-state index in [1.807, 2.05) is 44.1 Å². The van der Waals surface area contributed by atoms with Crippen LogP contribution >= 0.6 is 0 Å². The molecule has 0 saturated heterocycles. The minimum atomic E-state index is -0.410. The van der Waals surface area contributed by atoms with E-state index in [2.05, 4.69) is 15.8 Å². The van der Waals surface area contributed by atoms with E-state index in [1.165, 1.54) is 6.07 Å². The number of carbonyl (C=O) groups excluding carboxylic acids is 1. The van der Waals surface area contributed by atoms with Crippen LogP contribution in [0, 0.1) is 11.7 Å². The Balaban J connectivity index is 1.51. The number of likely N-dealkylation sites (N-methyl/N-ethyl adjacent to an activating group) is 1. The molecule has 170 valence electrons. The maximum Gasteiger partial charge on any atom is 0.231 e. The summed E-state index contributed by atoms with van der Waals surface area (Å²) in [6.45, 7) is 4.12. The highest BCUT2D eigenvalue weighted by molar-refractivity contribution is 5.95.